The fraction of sp³-hybridized carbons (Fsp3) is 0.909. The van der Waals surface area contributed by atoms with E-state index in [0.717, 1.165) is 58.1 Å². The lowest BCUT2D eigenvalue weighted by atomic mass is 10.3. The van der Waals surface area contributed by atoms with Gasteiger partial charge in [0, 0.05) is 39.3 Å². The summed E-state index contributed by atoms with van der Waals surface area (Å²) in [4.78, 5) is 8.88. The Morgan fingerprint density at radius 2 is 2.06 bits per heavy atom. The number of β-amino-alcohol motifs (C(OH)–C–C–N with tert-alkyl or cyclic N) is 1. The second kappa shape index (κ2) is 8.27. The molecule has 0 bridgehead atoms. The Morgan fingerprint density at radius 3 is 2.59 bits per heavy atom. The Labute approximate surface area is 103 Å². The van der Waals surface area contributed by atoms with Gasteiger partial charge in [-0.15, -0.1) is 0 Å². The number of nitrogens with zero attached hydrogens (tertiary/aromatic N) is 3. The minimum atomic E-state index is 0.229. The molecule has 0 radical (unpaired) electrons. The molecule has 6 nitrogen and oxygen atoms in total. The van der Waals surface area contributed by atoms with Gasteiger partial charge in [0.05, 0.1) is 6.61 Å². The molecular weight excluding hydrogens is 218 g/mol. The maximum absolute atomic E-state index is 8.87. The number of unbranched alkanes of at least 4 members (excludes halogenated alkanes) is 1. The summed E-state index contributed by atoms with van der Waals surface area (Å²) in [6, 6.07) is 0. The van der Waals surface area contributed by atoms with E-state index in [2.05, 4.69) is 27.1 Å². The van der Waals surface area contributed by atoms with Crippen LogP contribution in [0.5, 0.6) is 0 Å². The summed E-state index contributed by atoms with van der Waals surface area (Å²) in [5.41, 5.74) is 2.69. The van der Waals surface area contributed by atoms with Crippen molar-refractivity contribution in [1.82, 2.24) is 15.2 Å². The molecule has 0 atom stereocenters. The second-order valence-corrected chi connectivity index (χ2v) is 4.26. The van der Waals surface area contributed by atoms with E-state index in [4.69, 9.17) is 10.9 Å². The number of hydrazine groups is 1. The van der Waals surface area contributed by atoms with E-state index < -0.39 is 0 Å². The third-order valence-corrected chi connectivity index (χ3v) is 2.99. The van der Waals surface area contributed by atoms with Crippen molar-refractivity contribution in [3.8, 4) is 0 Å². The van der Waals surface area contributed by atoms with Gasteiger partial charge >= 0.3 is 0 Å². The minimum absolute atomic E-state index is 0.229. The molecule has 1 aliphatic rings. The van der Waals surface area contributed by atoms with Crippen molar-refractivity contribution in [2.75, 3.05) is 45.9 Å². The molecule has 0 amide bonds. The van der Waals surface area contributed by atoms with Gasteiger partial charge in [-0.05, 0) is 6.42 Å². The summed E-state index contributed by atoms with van der Waals surface area (Å²) >= 11 is 0. The quantitative estimate of drug-likeness (QED) is 0.194. The molecule has 0 aromatic heterocycles. The van der Waals surface area contributed by atoms with Gasteiger partial charge in [-0.25, -0.2) is 5.84 Å². The fourth-order valence-corrected chi connectivity index (χ4v) is 1.90. The highest BCUT2D eigenvalue weighted by molar-refractivity contribution is 5.79. The van der Waals surface area contributed by atoms with Gasteiger partial charge in [0.25, 0.3) is 0 Å². The Hall–Kier alpha value is -0.850. The molecule has 6 heteroatoms. The van der Waals surface area contributed by atoms with Crippen LogP contribution in [0.4, 0.5) is 0 Å². The van der Waals surface area contributed by atoms with Crippen LogP contribution in [0.25, 0.3) is 0 Å². The standard InChI is InChI=1S/C11H25N5O/c1-2-3-4-13-11(14-12)16-7-5-15(6-8-16)9-10-17/h17H,2-10,12H2,1H3,(H,13,14). The summed E-state index contributed by atoms with van der Waals surface area (Å²) in [5.74, 6) is 6.30. The van der Waals surface area contributed by atoms with Crippen LogP contribution in [-0.4, -0.2) is 66.7 Å². The van der Waals surface area contributed by atoms with Crippen LogP contribution in [0, 0.1) is 0 Å². The monoisotopic (exact) mass is 243 g/mol. The second-order valence-electron chi connectivity index (χ2n) is 4.26. The summed E-state index contributed by atoms with van der Waals surface area (Å²) in [6.07, 6.45) is 2.24. The number of rotatable bonds is 5. The normalized spacial score (nSPS) is 18.5. The molecule has 1 saturated heterocycles. The van der Waals surface area contributed by atoms with Crippen molar-refractivity contribution in [2.24, 2.45) is 10.8 Å². The largest absolute Gasteiger partial charge is 0.395 e. The number of hydrogen-bond acceptors (Lipinski definition) is 4. The Kier molecular flexibility index (Phi) is 6.91. The first kappa shape index (κ1) is 14.2. The number of aliphatic imine (C=N–C) groups is 1. The first-order chi connectivity index (χ1) is 8.31. The van der Waals surface area contributed by atoms with E-state index in [-0.39, 0.29) is 6.61 Å². The number of aliphatic hydroxyl groups is 1. The highest BCUT2D eigenvalue weighted by Gasteiger charge is 2.18. The van der Waals surface area contributed by atoms with Gasteiger partial charge in [0.2, 0.25) is 5.96 Å². The molecule has 0 unspecified atom stereocenters. The first-order valence-electron chi connectivity index (χ1n) is 6.41. The van der Waals surface area contributed by atoms with Crippen molar-refractivity contribution in [1.29, 1.82) is 0 Å². The van der Waals surface area contributed by atoms with Gasteiger partial charge in [0.15, 0.2) is 0 Å². The zero-order valence-corrected chi connectivity index (χ0v) is 10.7. The van der Waals surface area contributed by atoms with Crippen LogP contribution in [0.1, 0.15) is 19.8 Å². The number of hydrogen-bond donors (Lipinski definition) is 3. The van der Waals surface area contributed by atoms with E-state index in [9.17, 15) is 0 Å². The van der Waals surface area contributed by atoms with E-state index in [1.165, 1.54) is 0 Å². The predicted octanol–water partition coefficient (Wildman–Crippen LogP) is -0.784. The van der Waals surface area contributed by atoms with E-state index in [0.29, 0.717) is 0 Å². The van der Waals surface area contributed by atoms with Gasteiger partial charge in [0.1, 0.15) is 0 Å². The topological polar surface area (TPSA) is 77.1 Å². The molecule has 0 aromatic carbocycles. The van der Waals surface area contributed by atoms with Crippen molar-refractivity contribution >= 4 is 5.96 Å². The van der Waals surface area contributed by atoms with E-state index >= 15 is 0 Å². The lowest BCUT2D eigenvalue weighted by Crippen LogP contribution is -2.54. The lowest BCUT2D eigenvalue weighted by molar-refractivity contribution is 0.145. The Morgan fingerprint density at radius 1 is 1.35 bits per heavy atom. The van der Waals surface area contributed by atoms with Crippen LogP contribution in [0.2, 0.25) is 0 Å². The smallest absolute Gasteiger partial charge is 0.208 e. The van der Waals surface area contributed by atoms with Gasteiger partial charge in [-0.3, -0.25) is 15.3 Å². The molecule has 1 heterocycles. The molecule has 17 heavy (non-hydrogen) atoms. The molecule has 1 aliphatic heterocycles. The molecule has 0 aliphatic carbocycles. The molecule has 4 N–H and O–H groups in total. The highest BCUT2D eigenvalue weighted by atomic mass is 16.3. The first-order valence-corrected chi connectivity index (χ1v) is 6.41. The average molecular weight is 243 g/mol. The highest BCUT2D eigenvalue weighted by Crippen LogP contribution is 2.01. The predicted molar refractivity (Wildman–Crippen MR) is 69.6 cm³/mol. The molecule has 0 aromatic rings. The third-order valence-electron chi connectivity index (χ3n) is 2.99. The zero-order valence-electron chi connectivity index (χ0n) is 10.7. The minimum Gasteiger partial charge on any atom is -0.395 e. The number of guanidine groups is 1. The molecule has 0 spiro atoms. The van der Waals surface area contributed by atoms with Gasteiger partial charge < -0.3 is 10.0 Å². The fourth-order valence-electron chi connectivity index (χ4n) is 1.90. The summed E-state index contributed by atoms with van der Waals surface area (Å²) in [7, 11) is 0. The third kappa shape index (κ3) is 4.89. The van der Waals surface area contributed by atoms with Crippen LogP contribution in [0.3, 0.4) is 0 Å². The number of nitrogens with two attached hydrogens (primary N) is 1. The number of piperazine rings is 1. The van der Waals surface area contributed by atoms with Crippen LogP contribution < -0.4 is 11.3 Å². The van der Waals surface area contributed by atoms with Crippen molar-refractivity contribution in [3.05, 3.63) is 0 Å². The van der Waals surface area contributed by atoms with Crippen molar-refractivity contribution in [2.45, 2.75) is 19.8 Å². The number of aliphatic hydroxyl groups excluding tert-OH is 1. The molecule has 0 saturated carbocycles. The van der Waals surface area contributed by atoms with E-state index in [1.54, 1.807) is 0 Å². The number of nitrogens with one attached hydrogen (secondary N) is 1. The SMILES string of the molecule is CCCCN=C(NN)N1CCN(CCO)CC1. The molecule has 1 fully saturated rings. The van der Waals surface area contributed by atoms with Crippen molar-refractivity contribution < 1.29 is 5.11 Å². The van der Waals surface area contributed by atoms with E-state index in [1.807, 2.05) is 0 Å². The molecule has 100 valence electrons. The van der Waals surface area contributed by atoms with Gasteiger partial charge in [-0.2, -0.15) is 0 Å². The zero-order chi connectivity index (χ0) is 12.5. The molecule has 1 rings (SSSR count). The van der Waals surface area contributed by atoms with Crippen molar-refractivity contribution in [3.63, 3.8) is 0 Å². The summed E-state index contributed by atoms with van der Waals surface area (Å²) < 4.78 is 0. The maximum Gasteiger partial charge on any atom is 0.208 e. The van der Waals surface area contributed by atoms with Gasteiger partial charge in [-0.1, -0.05) is 13.3 Å². The summed E-state index contributed by atoms with van der Waals surface area (Å²) in [6.45, 7) is 7.69. The van der Waals surface area contributed by atoms with Crippen LogP contribution in [-0.2, 0) is 0 Å². The lowest BCUT2D eigenvalue weighted by Gasteiger charge is -2.35. The Bertz CT molecular complexity index is 226. The summed E-state index contributed by atoms with van der Waals surface area (Å²) in [5, 5.41) is 8.87. The van der Waals surface area contributed by atoms with Crippen LogP contribution >= 0.6 is 0 Å². The maximum atomic E-state index is 8.87. The Balaban J connectivity index is 2.36. The van der Waals surface area contributed by atoms with Crippen LogP contribution in [0.15, 0.2) is 4.99 Å². The average Bonchev–Trinajstić information content (AvgIpc) is 2.36. The molecular formula is C11H25N5O.